The second kappa shape index (κ2) is 3.31. The topological polar surface area (TPSA) is 44.7 Å². The first-order valence-electron chi connectivity index (χ1n) is 5.25. The van der Waals surface area contributed by atoms with Crippen LogP contribution in [0.2, 0.25) is 0 Å². The van der Waals surface area contributed by atoms with Crippen LogP contribution in [0.4, 0.5) is 0 Å². The van der Waals surface area contributed by atoms with Gasteiger partial charge in [-0.1, -0.05) is 0 Å². The number of hydrogen-bond acceptors (Lipinski definition) is 4. The number of hydrogen-bond donors (Lipinski definition) is 2. The summed E-state index contributed by atoms with van der Waals surface area (Å²) in [5.74, 6) is 0. The summed E-state index contributed by atoms with van der Waals surface area (Å²) in [6.45, 7) is 5.31. The SMILES string of the molecule is OC1COCC1N1CC2=C(CNC2)C1. The van der Waals surface area contributed by atoms with E-state index in [0.717, 1.165) is 26.2 Å². The van der Waals surface area contributed by atoms with Crippen molar-refractivity contribution in [2.75, 3.05) is 39.4 Å². The summed E-state index contributed by atoms with van der Waals surface area (Å²) in [7, 11) is 0. The summed E-state index contributed by atoms with van der Waals surface area (Å²) in [6, 6.07) is 0.223. The minimum Gasteiger partial charge on any atom is -0.389 e. The van der Waals surface area contributed by atoms with Crippen LogP contribution in [0.25, 0.3) is 0 Å². The summed E-state index contributed by atoms with van der Waals surface area (Å²) in [6.07, 6.45) is -0.289. The molecule has 0 aromatic heterocycles. The van der Waals surface area contributed by atoms with Gasteiger partial charge in [0.2, 0.25) is 0 Å². The van der Waals surface area contributed by atoms with E-state index < -0.39 is 0 Å². The number of ether oxygens (including phenoxy) is 1. The lowest BCUT2D eigenvalue weighted by atomic mass is 10.2. The molecule has 1 saturated heterocycles. The molecule has 0 aliphatic carbocycles. The van der Waals surface area contributed by atoms with Crippen molar-refractivity contribution in [3.63, 3.8) is 0 Å². The van der Waals surface area contributed by atoms with Crippen LogP contribution in [0.5, 0.6) is 0 Å². The highest BCUT2D eigenvalue weighted by molar-refractivity contribution is 5.30. The van der Waals surface area contributed by atoms with Gasteiger partial charge in [0.1, 0.15) is 0 Å². The zero-order valence-electron chi connectivity index (χ0n) is 8.20. The van der Waals surface area contributed by atoms with E-state index in [9.17, 15) is 5.11 Å². The molecule has 3 rings (SSSR count). The third-order valence-electron chi connectivity index (χ3n) is 3.46. The molecule has 78 valence electrons. The van der Waals surface area contributed by atoms with E-state index in [4.69, 9.17) is 4.74 Å². The highest BCUT2D eigenvalue weighted by Gasteiger charge is 2.36. The molecule has 0 bridgehead atoms. The van der Waals surface area contributed by atoms with E-state index in [1.165, 1.54) is 11.1 Å². The minimum atomic E-state index is -0.289. The Morgan fingerprint density at radius 2 is 1.93 bits per heavy atom. The lowest BCUT2D eigenvalue weighted by molar-refractivity contribution is 0.0954. The third-order valence-corrected chi connectivity index (χ3v) is 3.46. The van der Waals surface area contributed by atoms with E-state index in [1.807, 2.05) is 0 Å². The first kappa shape index (κ1) is 8.85. The molecule has 4 nitrogen and oxygen atoms in total. The van der Waals surface area contributed by atoms with Crippen LogP contribution in [0.1, 0.15) is 0 Å². The van der Waals surface area contributed by atoms with E-state index in [-0.39, 0.29) is 12.1 Å². The van der Waals surface area contributed by atoms with E-state index in [2.05, 4.69) is 10.2 Å². The van der Waals surface area contributed by atoms with Crippen molar-refractivity contribution in [2.45, 2.75) is 12.1 Å². The number of aliphatic hydroxyl groups is 1. The summed E-state index contributed by atoms with van der Waals surface area (Å²) in [5.41, 5.74) is 3.06. The monoisotopic (exact) mass is 196 g/mol. The average Bonchev–Trinajstić information content (AvgIpc) is 2.75. The molecule has 1 fully saturated rings. The maximum Gasteiger partial charge on any atom is 0.0951 e. The van der Waals surface area contributed by atoms with Gasteiger partial charge in [-0.25, -0.2) is 0 Å². The van der Waals surface area contributed by atoms with Crippen molar-refractivity contribution in [1.29, 1.82) is 0 Å². The Balaban J connectivity index is 1.67. The van der Waals surface area contributed by atoms with Crippen molar-refractivity contribution < 1.29 is 9.84 Å². The third kappa shape index (κ3) is 1.30. The number of nitrogens with one attached hydrogen (secondary N) is 1. The molecule has 2 atom stereocenters. The largest absolute Gasteiger partial charge is 0.389 e. The Hall–Kier alpha value is -0.420. The molecule has 0 radical (unpaired) electrons. The van der Waals surface area contributed by atoms with E-state index in [0.29, 0.717) is 13.2 Å². The first-order chi connectivity index (χ1) is 6.84. The summed E-state index contributed by atoms with van der Waals surface area (Å²) < 4.78 is 5.28. The lowest BCUT2D eigenvalue weighted by Gasteiger charge is -2.26. The fourth-order valence-corrected chi connectivity index (χ4v) is 2.61. The first-order valence-corrected chi connectivity index (χ1v) is 5.25. The van der Waals surface area contributed by atoms with E-state index in [1.54, 1.807) is 0 Å². The standard InChI is InChI=1S/C10H16N2O2/c13-10-6-14-5-9(10)12-3-7-1-11-2-8(7)4-12/h9-11,13H,1-6H2. The maximum absolute atomic E-state index is 9.71. The molecule has 4 heteroatoms. The molecule has 0 saturated carbocycles. The van der Waals surface area contributed by atoms with Crippen molar-refractivity contribution in [3.8, 4) is 0 Å². The second-order valence-corrected chi connectivity index (χ2v) is 4.39. The van der Waals surface area contributed by atoms with Gasteiger partial charge in [0, 0.05) is 26.2 Å². The Labute approximate surface area is 83.5 Å². The van der Waals surface area contributed by atoms with Gasteiger partial charge in [0.25, 0.3) is 0 Å². The Morgan fingerprint density at radius 1 is 1.21 bits per heavy atom. The highest BCUT2D eigenvalue weighted by atomic mass is 16.5. The lowest BCUT2D eigenvalue weighted by Crippen LogP contribution is -2.43. The van der Waals surface area contributed by atoms with Gasteiger partial charge in [0.05, 0.1) is 25.4 Å². The second-order valence-electron chi connectivity index (χ2n) is 4.39. The molecular weight excluding hydrogens is 180 g/mol. The van der Waals surface area contributed by atoms with Gasteiger partial charge in [0.15, 0.2) is 0 Å². The van der Waals surface area contributed by atoms with Crippen molar-refractivity contribution in [2.24, 2.45) is 0 Å². The maximum atomic E-state index is 9.71. The normalized spacial score (nSPS) is 38.4. The quantitative estimate of drug-likeness (QED) is 0.526. The Kier molecular flexibility index (Phi) is 2.09. The number of aliphatic hydroxyl groups excluding tert-OH is 1. The predicted molar refractivity (Wildman–Crippen MR) is 52.1 cm³/mol. The van der Waals surface area contributed by atoms with Gasteiger partial charge in [-0.05, 0) is 11.1 Å². The van der Waals surface area contributed by atoms with Crippen LogP contribution in [0.3, 0.4) is 0 Å². The van der Waals surface area contributed by atoms with Crippen LogP contribution < -0.4 is 5.32 Å². The van der Waals surface area contributed by atoms with Crippen LogP contribution in [-0.2, 0) is 4.74 Å². The molecule has 0 aromatic carbocycles. The average molecular weight is 196 g/mol. The summed E-state index contributed by atoms with van der Waals surface area (Å²) in [5, 5.41) is 13.1. The van der Waals surface area contributed by atoms with Crippen LogP contribution in [-0.4, -0.2) is 61.5 Å². The minimum absolute atomic E-state index is 0.223. The highest BCUT2D eigenvalue weighted by Crippen LogP contribution is 2.25. The van der Waals surface area contributed by atoms with Gasteiger partial charge < -0.3 is 15.2 Å². The molecule has 3 aliphatic heterocycles. The zero-order valence-corrected chi connectivity index (χ0v) is 8.20. The zero-order chi connectivity index (χ0) is 9.54. The molecule has 3 aliphatic rings. The van der Waals surface area contributed by atoms with Crippen LogP contribution >= 0.6 is 0 Å². The van der Waals surface area contributed by atoms with Crippen molar-refractivity contribution in [1.82, 2.24) is 10.2 Å². The van der Waals surface area contributed by atoms with Gasteiger partial charge in [-0.2, -0.15) is 0 Å². The number of rotatable bonds is 1. The molecule has 2 unspecified atom stereocenters. The predicted octanol–water partition coefficient (Wildman–Crippen LogP) is -1.04. The Morgan fingerprint density at radius 3 is 2.50 bits per heavy atom. The molecule has 2 N–H and O–H groups in total. The molecule has 14 heavy (non-hydrogen) atoms. The van der Waals surface area contributed by atoms with Gasteiger partial charge in [-0.3, -0.25) is 4.90 Å². The number of nitrogens with zero attached hydrogens (tertiary/aromatic N) is 1. The molecule has 0 aromatic rings. The van der Waals surface area contributed by atoms with Crippen LogP contribution in [0.15, 0.2) is 11.1 Å². The Bertz CT molecular complexity index is 261. The fourth-order valence-electron chi connectivity index (χ4n) is 2.61. The molecular formula is C10H16N2O2. The van der Waals surface area contributed by atoms with E-state index >= 15 is 0 Å². The molecule has 0 spiro atoms. The van der Waals surface area contributed by atoms with Crippen molar-refractivity contribution in [3.05, 3.63) is 11.1 Å². The summed E-state index contributed by atoms with van der Waals surface area (Å²) >= 11 is 0. The molecule has 0 amide bonds. The van der Waals surface area contributed by atoms with Crippen LogP contribution in [0, 0.1) is 0 Å². The fraction of sp³-hybridized carbons (Fsp3) is 0.800. The summed E-state index contributed by atoms with van der Waals surface area (Å²) in [4.78, 5) is 2.35. The van der Waals surface area contributed by atoms with Gasteiger partial charge >= 0.3 is 0 Å². The van der Waals surface area contributed by atoms with Gasteiger partial charge in [-0.15, -0.1) is 0 Å². The smallest absolute Gasteiger partial charge is 0.0951 e. The van der Waals surface area contributed by atoms with Crippen molar-refractivity contribution >= 4 is 0 Å². The molecule has 3 heterocycles.